The first-order valence-electron chi connectivity index (χ1n) is 8.95. The van der Waals surface area contributed by atoms with E-state index in [1.165, 1.54) is 0 Å². The minimum absolute atomic E-state index is 0.0240. The molecule has 2 aromatic carbocycles. The molecule has 0 fully saturated rings. The predicted molar refractivity (Wildman–Crippen MR) is 110 cm³/mol. The van der Waals surface area contributed by atoms with Crippen molar-refractivity contribution in [3.8, 4) is 17.3 Å². The number of sulfonamides is 1. The van der Waals surface area contributed by atoms with E-state index in [9.17, 15) is 13.7 Å². The first kappa shape index (κ1) is 19.0. The number of aromatic nitrogens is 1. The van der Waals surface area contributed by atoms with Gasteiger partial charge in [-0.3, -0.25) is 4.72 Å². The number of fused-ring (bicyclic) bond motifs is 1. The third-order valence-corrected chi connectivity index (χ3v) is 6.08. The van der Waals surface area contributed by atoms with Crippen LogP contribution in [0.4, 0.5) is 5.69 Å². The lowest BCUT2D eigenvalue weighted by molar-refractivity contribution is 0.602. The van der Waals surface area contributed by atoms with Crippen molar-refractivity contribution < 1.29 is 8.42 Å². The number of aryl methyl sites for hydroxylation is 3. The zero-order valence-electron chi connectivity index (χ0n) is 16.0. The number of nitriles is 1. The summed E-state index contributed by atoms with van der Waals surface area (Å²) in [5.41, 5.74) is 5.98. The Kier molecular flexibility index (Phi) is 4.99. The molecule has 5 nitrogen and oxygen atoms in total. The Labute approximate surface area is 160 Å². The van der Waals surface area contributed by atoms with Crippen LogP contribution >= 0.6 is 0 Å². The Balaban J connectivity index is 2.21. The van der Waals surface area contributed by atoms with Crippen LogP contribution in [0, 0.1) is 25.2 Å². The first-order valence-corrected chi connectivity index (χ1v) is 10.6. The molecule has 0 amide bonds. The highest BCUT2D eigenvalue weighted by Crippen LogP contribution is 2.35. The molecule has 6 heteroatoms. The number of nitrogens with one attached hydrogen (secondary N) is 1. The summed E-state index contributed by atoms with van der Waals surface area (Å²) in [7, 11) is -3.33. The van der Waals surface area contributed by atoms with Crippen LogP contribution in [-0.2, 0) is 16.6 Å². The van der Waals surface area contributed by atoms with Crippen LogP contribution in [0.25, 0.3) is 22.2 Å². The van der Waals surface area contributed by atoms with Gasteiger partial charge in [0.15, 0.2) is 0 Å². The molecule has 0 atom stereocenters. The highest BCUT2D eigenvalue weighted by molar-refractivity contribution is 7.92. The van der Waals surface area contributed by atoms with E-state index < -0.39 is 10.0 Å². The van der Waals surface area contributed by atoms with Gasteiger partial charge in [-0.15, -0.1) is 0 Å². The van der Waals surface area contributed by atoms with Gasteiger partial charge in [0.05, 0.1) is 28.2 Å². The molecule has 0 radical (unpaired) electrons. The van der Waals surface area contributed by atoms with E-state index in [-0.39, 0.29) is 5.75 Å². The molecule has 140 valence electrons. The van der Waals surface area contributed by atoms with Crippen LogP contribution in [0.2, 0.25) is 0 Å². The Bertz CT molecular complexity index is 1170. The van der Waals surface area contributed by atoms with Crippen LogP contribution in [0.15, 0.2) is 36.4 Å². The largest absolute Gasteiger partial charge is 0.340 e. The van der Waals surface area contributed by atoms with Crippen molar-refractivity contribution in [3.63, 3.8) is 0 Å². The van der Waals surface area contributed by atoms with Gasteiger partial charge in [-0.2, -0.15) is 5.26 Å². The normalized spacial score (nSPS) is 11.5. The highest BCUT2D eigenvalue weighted by atomic mass is 32.2. The molecule has 3 rings (SSSR count). The molecule has 1 heterocycles. The Morgan fingerprint density at radius 2 is 1.85 bits per heavy atom. The summed E-state index contributed by atoms with van der Waals surface area (Å²) < 4.78 is 28.5. The van der Waals surface area contributed by atoms with Gasteiger partial charge in [-0.25, -0.2) is 8.42 Å². The molecule has 0 saturated carbocycles. The van der Waals surface area contributed by atoms with Gasteiger partial charge in [-0.05, 0) is 62.6 Å². The Morgan fingerprint density at radius 3 is 2.44 bits per heavy atom. The minimum Gasteiger partial charge on any atom is -0.340 e. The fraction of sp³-hybridized carbons (Fsp3) is 0.286. The lowest BCUT2D eigenvalue weighted by atomic mass is 10.0. The van der Waals surface area contributed by atoms with Gasteiger partial charge in [0.2, 0.25) is 10.0 Å². The molecule has 0 unspecified atom stereocenters. The Hall–Kier alpha value is -2.78. The van der Waals surface area contributed by atoms with Gasteiger partial charge in [0.1, 0.15) is 6.07 Å². The maximum atomic E-state index is 11.9. The van der Waals surface area contributed by atoms with Crippen molar-refractivity contribution >= 4 is 26.6 Å². The molecule has 1 N–H and O–H groups in total. The molecule has 0 aliphatic heterocycles. The maximum Gasteiger partial charge on any atom is 0.232 e. The summed E-state index contributed by atoms with van der Waals surface area (Å²) in [6, 6.07) is 14.0. The molecule has 0 saturated heterocycles. The molecule has 0 aliphatic carbocycles. The number of nitrogens with zero attached hydrogens (tertiary/aromatic N) is 2. The van der Waals surface area contributed by atoms with Crippen LogP contribution in [0.3, 0.4) is 0 Å². The van der Waals surface area contributed by atoms with Crippen LogP contribution in [0.1, 0.15) is 30.5 Å². The SMILES string of the molecule is CCn1c(-c2ccc(NS(=O)(=O)CC)c(C)c2)c(C#N)c2ccc(C)cc21. The van der Waals surface area contributed by atoms with Gasteiger partial charge >= 0.3 is 0 Å². The Morgan fingerprint density at radius 1 is 1.11 bits per heavy atom. The fourth-order valence-electron chi connectivity index (χ4n) is 3.37. The lowest BCUT2D eigenvalue weighted by Gasteiger charge is -2.13. The quantitative estimate of drug-likeness (QED) is 0.703. The number of hydrogen-bond donors (Lipinski definition) is 1. The molecule has 0 bridgehead atoms. The zero-order valence-corrected chi connectivity index (χ0v) is 16.8. The van der Waals surface area contributed by atoms with E-state index in [1.54, 1.807) is 13.0 Å². The molecule has 27 heavy (non-hydrogen) atoms. The maximum absolute atomic E-state index is 11.9. The molecule has 3 aromatic rings. The third kappa shape index (κ3) is 3.43. The van der Waals surface area contributed by atoms with Gasteiger partial charge < -0.3 is 4.57 Å². The van der Waals surface area contributed by atoms with Crippen molar-refractivity contribution in [1.29, 1.82) is 5.26 Å². The van der Waals surface area contributed by atoms with Gasteiger partial charge in [0.25, 0.3) is 0 Å². The molecular weight excluding hydrogens is 358 g/mol. The predicted octanol–water partition coefficient (Wildman–Crippen LogP) is 4.58. The fourth-order valence-corrected chi connectivity index (χ4v) is 4.07. The lowest BCUT2D eigenvalue weighted by Crippen LogP contribution is -2.15. The average molecular weight is 382 g/mol. The van der Waals surface area contributed by atoms with Crippen molar-refractivity contribution in [2.45, 2.75) is 34.2 Å². The van der Waals surface area contributed by atoms with E-state index in [4.69, 9.17) is 0 Å². The average Bonchev–Trinajstić information content (AvgIpc) is 2.95. The molecule has 1 aromatic heterocycles. The number of benzene rings is 2. The number of rotatable bonds is 5. The van der Waals surface area contributed by atoms with E-state index >= 15 is 0 Å². The zero-order chi connectivity index (χ0) is 19.8. The second-order valence-electron chi connectivity index (χ2n) is 6.64. The minimum atomic E-state index is -3.33. The third-order valence-electron chi connectivity index (χ3n) is 4.79. The number of hydrogen-bond acceptors (Lipinski definition) is 3. The van der Waals surface area contributed by atoms with E-state index in [0.29, 0.717) is 11.3 Å². The van der Waals surface area contributed by atoms with Crippen molar-refractivity contribution in [2.75, 3.05) is 10.5 Å². The first-order chi connectivity index (χ1) is 12.8. The van der Waals surface area contributed by atoms with Crippen LogP contribution in [0.5, 0.6) is 0 Å². The second-order valence-corrected chi connectivity index (χ2v) is 8.65. The summed E-state index contributed by atoms with van der Waals surface area (Å²) in [6.45, 7) is 8.30. The van der Waals surface area contributed by atoms with Gasteiger partial charge in [-0.1, -0.05) is 18.2 Å². The van der Waals surface area contributed by atoms with E-state index in [1.807, 2.05) is 38.1 Å². The van der Waals surface area contributed by atoms with E-state index in [0.717, 1.165) is 39.8 Å². The highest BCUT2D eigenvalue weighted by Gasteiger charge is 2.19. The topological polar surface area (TPSA) is 74.9 Å². The van der Waals surface area contributed by atoms with E-state index in [2.05, 4.69) is 28.3 Å². The van der Waals surface area contributed by atoms with Crippen molar-refractivity contribution in [2.24, 2.45) is 0 Å². The molecule has 0 aliphatic rings. The summed E-state index contributed by atoms with van der Waals surface area (Å²) in [6.07, 6.45) is 0. The summed E-state index contributed by atoms with van der Waals surface area (Å²) in [5.74, 6) is 0.0240. The summed E-state index contributed by atoms with van der Waals surface area (Å²) >= 11 is 0. The summed E-state index contributed by atoms with van der Waals surface area (Å²) in [5, 5.41) is 10.7. The second kappa shape index (κ2) is 7.09. The monoisotopic (exact) mass is 381 g/mol. The van der Waals surface area contributed by atoms with Crippen molar-refractivity contribution in [1.82, 2.24) is 4.57 Å². The number of anilines is 1. The van der Waals surface area contributed by atoms with Crippen LogP contribution < -0.4 is 4.72 Å². The van der Waals surface area contributed by atoms with Gasteiger partial charge in [0, 0.05) is 11.9 Å². The van der Waals surface area contributed by atoms with Crippen LogP contribution in [-0.4, -0.2) is 18.7 Å². The smallest absolute Gasteiger partial charge is 0.232 e. The standard InChI is InChI=1S/C21H23N3O2S/c1-5-24-20-11-14(3)7-9-17(20)18(13-22)21(24)16-8-10-19(15(4)12-16)23-27(25,26)6-2/h7-12,23H,5-6H2,1-4H3. The summed E-state index contributed by atoms with van der Waals surface area (Å²) in [4.78, 5) is 0. The van der Waals surface area contributed by atoms with Crippen molar-refractivity contribution in [3.05, 3.63) is 53.1 Å². The molecule has 0 spiro atoms. The molecular formula is C21H23N3O2S.